The number of aryl methyl sites for hydroxylation is 1. The molecule has 41 heavy (non-hydrogen) atoms. The molecule has 2 amide bonds. The average molecular weight is 582 g/mol. The summed E-state index contributed by atoms with van der Waals surface area (Å²) in [6, 6.07) is 17.8. The van der Waals surface area contributed by atoms with Gasteiger partial charge in [0.05, 0.1) is 17.7 Å². The minimum atomic E-state index is -4.25. The number of para-hydroxylation sites is 2. The van der Waals surface area contributed by atoms with Crippen molar-refractivity contribution < 1.29 is 27.1 Å². The van der Waals surface area contributed by atoms with Crippen molar-refractivity contribution in [3.8, 4) is 5.75 Å². The van der Waals surface area contributed by atoms with Crippen LogP contribution < -0.4 is 14.4 Å². The predicted octanol–water partition coefficient (Wildman–Crippen LogP) is 4.81. The number of hydrogen-bond donors (Lipinski definition) is 1. The molecule has 0 aliphatic heterocycles. The summed E-state index contributed by atoms with van der Waals surface area (Å²) in [5.74, 6) is -1.30. The molecule has 0 heterocycles. The third-order valence-electron chi connectivity index (χ3n) is 7.41. The first-order valence-electron chi connectivity index (χ1n) is 13.7. The van der Waals surface area contributed by atoms with E-state index in [4.69, 9.17) is 4.74 Å². The number of rotatable bonds is 11. The van der Waals surface area contributed by atoms with Crippen LogP contribution in [-0.2, 0) is 26.2 Å². The molecule has 1 atom stereocenters. The summed E-state index contributed by atoms with van der Waals surface area (Å²) in [5.41, 5.74) is 1.26. The second-order valence-electron chi connectivity index (χ2n) is 10.3. The number of sulfonamides is 1. The highest BCUT2D eigenvalue weighted by atomic mass is 32.2. The van der Waals surface area contributed by atoms with Gasteiger partial charge in [-0.15, -0.1) is 0 Å². The van der Waals surface area contributed by atoms with Crippen LogP contribution in [0.1, 0.15) is 43.7 Å². The summed E-state index contributed by atoms with van der Waals surface area (Å²) < 4.78 is 49.1. The minimum Gasteiger partial charge on any atom is -0.495 e. The molecule has 1 N–H and O–H groups in total. The van der Waals surface area contributed by atoms with Crippen LogP contribution in [0.5, 0.6) is 5.75 Å². The predicted molar refractivity (Wildman–Crippen MR) is 156 cm³/mol. The normalized spacial score (nSPS) is 14.3. The first-order chi connectivity index (χ1) is 19.6. The van der Waals surface area contributed by atoms with Gasteiger partial charge in [-0.1, -0.05) is 60.9 Å². The Morgan fingerprint density at radius 3 is 2.29 bits per heavy atom. The third kappa shape index (κ3) is 7.05. The third-order valence-corrected chi connectivity index (χ3v) is 9.18. The average Bonchev–Trinajstić information content (AvgIpc) is 3.48. The molecule has 1 fully saturated rings. The number of amides is 2. The molecule has 0 bridgehead atoms. The van der Waals surface area contributed by atoms with Crippen LogP contribution in [0.4, 0.5) is 10.1 Å². The molecule has 0 saturated heterocycles. The Kier molecular flexibility index (Phi) is 9.65. The van der Waals surface area contributed by atoms with E-state index in [1.165, 1.54) is 36.3 Å². The Hall–Kier alpha value is -3.92. The molecule has 0 radical (unpaired) electrons. The van der Waals surface area contributed by atoms with E-state index in [2.05, 4.69) is 5.32 Å². The molecule has 3 aromatic carbocycles. The van der Waals surface area contributed by atoms with Gasteiger partial charge in [0.25, 0.3) is 10.0 Å². The summed E-state index contributed by atoms with van der Waals surface area (Å²) in [7, 11) is -2.83. The van der Waals surface area contributed by atoms with Crippen molar-refractivity contribution in [2.75, 3.05) is 18.0 Å². The fourth-order valence-electron chi connectivity index (χ4n) is 4.97. The van der Waals surface area contributed by atoms with Gasteiger partial charge >= 0.3 is 0 Å². The Bertz CT molecular complexity index is 1470. The smallest absolute Gasteiger partial charge is 0.264 e. The fourth-order valence-corrected chi connectivity index (χ4v) is 6.40. The van der Waals surface area contributed by atoms with Crippen molar-refractivity contribution in [3.63, 3.8) is 0 Å². The summed E-state index contributed by atoms with van der Waals surface area (Å²) in [6.07, 6.45) is 3.75. The molecule has 4 rings (SSSR count). The van der Waals surface area contributed by atoms with Crippen molar-refractivity contribution in [3.05, 3.63) is 89.7 Å². The van der Waals surface area contributed by atoms with Crippen molar-refractivity contribution >= 4 is 27.5 Å². The van der Waals surface area contributed by atoms with Crippen molar-refractivity contribution in [2.24, 2.45) is 0 Å². The first-order valence-corrected chi connectivity index (χ1v) is 15.1. The Labute approximate surface area is 241 Å². The Morgan fingerprint density at radius 1 is 1.00 bits per heavy atom. The molecule has 218 valence electrons. The van der Waals surface area contributed by atoms with Crippen LogP contribution in [0.2, 0.25) is 0 Å². The maximum atomic E-state index is 14.7. The van der Waals surface area contributed by atoms with Crippen molar-refractivity contribution in [1.82, 2.24) is 10.2 Å². The number of halogens is 1. The number of methoxy groups -OCH3 is 1. The number of ether oxygens (including phenoxy) is 1. The van der Waals surface area contributed by atoms with Gasteiger partial charge in [0, 0.05) is 18.2 Å². The number of nitrogens with one attached hydrogen (secondary N) is 1. The molecule has 3 aromatic rings. The summed E-state index contributed by atoms with van der Waals surface area (Å²) in [5, 5.41) is 3.00. The van der Waals surface area contributed by atoms with Crippen LogP contribution in [0.15, 0.2) is 77.7 Å². The number of benzene rings is 3. The lowest BCUT2D eigenvalue weighted by Crippen LogP contribution is -2.52. The highest BCUT2D eigenvalue weighted by Crippen LogP contribution is 2.32. The molecule has 10 heteroatoms. The van der Waals surface area contributed by atoms with Gasteiger partial charge in [0.15, 0.2) is 0 Å². The Balaban J connectivity index is 1.72. The second-order valence-corrected chi connectivity index (χ2v) is 12.1. The lowest BCUT2D eigenvalue weighted by molar-refractivity contribution is -0.139. The lowest BCUT2D eigenvalue weighted by atomic mass is 10.1. The van der Waals surface area contributed by atoms with Crippen LogP contribution in [0.3, 0.4) is 0 Å². The van der Waals surface area contributed by atoms with E-state index in [0.29, 0.717) is 0 Å². The van der Waals surface area contributed by atoms with E-state index < -0.39 is 34.3 Å². The number of hydrogen-bond acceptors (Lipinski definition) is 5. The highest BCUT2D eigenvalue weighted by molar-refractivity contribution is 7.92. The topological polar surface area (TPSA) is 96.0 Å². The molecule has 0 aromatic heterocycles. The van der Waals surface area contributed by atoms with E-state index in [0.717, 1.165) is 35.6 Å². The molecule has 0 spiro atoms. The number of anilines is 1. The van der Waals surface area contributed by atoms with Crippen LogP contribution in [0.25, 0.3) is 0 Å². The Morgan fingerprint density at radius 2 is 1.63 bits per heavy atom. The lowest BCUT2D eigenvalue weighted by Gasteiger charge is -2.33. The molecular formula is C31H36FN3O5S. The van der Waals surface area contributed by atoms with Gasteiger partial charge in [-0.05, 0) is 57.0 Å². The van der Waals surface area contributed by atoms with Crippen molar-refractivity contribution in [2.45, 2.75) is 63.1 Å². The first kappa shape index (κ1) is 30.0. The zero-order chi connectivity index (χ0) is 29.6. The van der Waals surface area contributed by atoms with E-state index in [1.54, 1.807) is 55.5 Å². The fraction of sp³-hybridized carbons (Fsp3) is 0.355. The molecule has 1 unspecified atom stereocenters. The van der Waals surface area contributed by atoms with Crippen LogP contribution in [-0.4, -0.2) is 50.9 Å². The number of nitrogens with zero attached hydrogens (tertiary/aromatic N) is 2. The zero-order valence-electron chi connectivity index (χ0n) is 23.5. The second kappa shape index (κ2) is 13.2. The number of carbonyl (C=O) groups excluding carboxylic acids is 2. The highest BCUT2D eigenvalue weighted by Gasteiger charge is 2.34. The number of carbonyl (C=O) groups is 2. The maximum absolute atomic E-state index is 14.7. The van der Waals surface area contributed by atoms with Gasteiger partial charge < -0.3 is 15.0 Å². The zero-order valence-corrected chi connectivity index (χ0v) is 24.4. The van der Waals surface area contributed by atoms with Gasteiger partial charge in [-0.3, -0.25) is 13.9 Å². The van der Waals surface area contributed by atoms with E-state index in [-0.39, 0.29) is 40.4 Å². The summed E-state index contributed by atoms with van der Waals surface area (Å²) >= 11 is 0. The molecule has 1 saturated carbocycles. The van der Waals surface area contributed by atoms with Gasteiger partial charge in [-0.25, -0.2) is 12.8 Å². The molecular weight excluding hydrogens is 545 g/mol. The van der Waals surface area contributed by atoms with Gasteiger partial charge in [0.2, 0.25) is 11.8 Å². The minimum absolute atomic E-state index is 0.00511. The molecule has 1 aliphatic carbocycles. The molecule has 8 nitrogen and oxygen atoms in total. The monoisotopic (exact) mass is 581 g/mol. The van der Waals surface area contributed by atoms with Crippen LogP contribution >= 0.6 is 0 Å². The van der Waals surface area contributed by atoms with Gasteiger partial charge in [0.1, 0.15) is 24.2 Å². The quantitative estimate of drug-likeness (QED) is 0.351. The van der Waals surface area contributed by atoms with Gasteiger partial charge in [-0.2, -0.15) is 0 Å². The summed E-state index contributed by atoms with van der Waals surface area (Å²) in [4.78, 5) is 28.5. The standard InChI is InChI=1S/C31H36FN3O5S/c1-22-16-18-26(19-17-22)41(38,39)35(28-14-8-9-15-29(28)40-3)21-30(36)34(20-24-10-4-7-13-27(24)32)23(2)31(37)33-25-11-5-6-12-25/h4,7-10,13-19,23,25H,5-6,11-12,20-21H2,1-3H3,(H,33,37). The maximum Gasteiger partial charge on any atom is 0.264 e. The van der Waals surface area contributed by atoms with Crippen molar-refractivity contribution in [1.29, 1.82) is 0 Å². The largest absolute Gasteiger partial charge is 0.495 e. The SMILES string of the molecule is COc1ccccc1N(CC(=O)N(Cc1ccccc1F)C(C)C(=O)NC1CCCC1)S(=O)(=O)c1ccc(C)cc1. The van der Waals surface area contributed by atoms with E-state index in [1.807, 2.05) is 6.92 Å². The molecule has 1 aliphatic rings. The van der Waals surface area contributed by atoms with Crippen LogP contribution in [0, 0.1) is 12.7 Å². The van der Waals surface area contributed by atoms with E-state index in [9.17, 15) is 22.4 Å². The summed E-state index contributed by atoms with van der Waals surface area (Å²) in [6.45, 7) is 2.57. The van der Waals surface area contributed by atoms with E-state index >= 15 is 0 Å².